The molecule has 2 nitrogen and oxygen atoms in total. The Morgan fingerprint density at radius 3 is 2.86 bits per heavy atom. The molecule has 1 aromatic carbocycles. The number of hydrogen-bond donors (Lipinski definition) is 1. The lowest BCUT2D eigenvalue weighted by molar-refractivity contribution is 0.954. The maximum atomic E-state index is 7.79. The van der Waals surface area contributed by atoms with Gasteiger partial charge in [-0.25, -0.2) is 0 Å². The normalized spacial score (nSPS) is 16.4. The van der Waals surface area contributed by atoms with Crippen LogP contribution in [0, 0.1) is 12.3 Å². The maximum absolute atomic E-state index is 7.79. The Morgan fingerprint density at radius 1 is 1.43 bits per heavy atom. The summed E-state index contributed by atoms with van der Waals surface area (Å²) in [6.07, 6.45) is 1.96. The summed E-state index contributed by atoms with van der Waals surface area (Å²) >= 11 is 5.95. The Bertz CT molecular complexity index is 374. The smallest absolute Gasteiger partial charge is 0.100 e. The van der Waals surface area contributed by atoms with E-state index in [4.69, 9.17) is 17.0 Å². The average molecular weight is 209 g/mol. The van der Waals surface area contributed by atoms with Crippen LogP contribution in [0.4, 0.5) is 5.69 Å². The van der Waals surface area contributed by atoms with E-state index < -0.39 is 0 Å². The number of hydrogen-bond acceptors (Lipinski definition) is 1. The summed E-state index contributed by atoms with van der Waals surface area (Å²) < 4.78 is 0. The zero-order chi connectivity index (χ0) is 10.1. The van der Waals surface area contributed by atoms with Crippen molar-refractivity contribution in [1.29, 1.82) is 5.41 Å². The average Bonchev–Trinajstić information content (AvgIpc) is 2.56. The maximum Gasteiger partial charge on any atom is 0.100 e. The van der Waals surface area contributed by atoms with Crippen molar-refractivity contribution in [2.24, 2.45) is 0 Å². The van der Waals surface area contributed by atoms with Crippen molar-refractivity contribution >= 4 is 23.1 Å². The van der Waals surface area contributed by atoms with Crippen molar-refractivity contribution in [2.75, 3.05) is 11.4 Å². The number of amidine groups is 1. The monoisotopic (exact) mass is 208 g/mol. The van der Waals surface area contributed by atoms with Crippen LogP contribution in [0.1, 0.15) is 18.4 Å². The summed E-state index contributed by atoms with van der Waals surface area (Å²) in [4.78, 5) is 2.04. The molecule has 1 aromatic rings. The molecule has 0 aromatic heterocycles. The number of benzene rings is 1. The quantitative estimate of drug-likeness (QED) is 0.754. The molecule has 0 unspecified atom stereocenters. The molecule has 1 aliphatic rings. The number of aryl methyl sites for hydroxylation is 1. The third-order valence-corrected chi connectivity index (χ3v) is 2.82. The van der Waals surface area contributed by atoms with Crippen LogP contribution in [0.15, 0.2) is 18.2 Å². The summed E-state index contributed by atoms with van der Waals surface area (Å²) in [6.45, 7) is 3.00. The van der Waals surface area contributed by atoms with Gasteiger partial charge in [0.25, 0.3) is 0 Å². The second-order valence-corrected chi connectivity index (χ2v) is 4.07. The molecular formula is C11H13ClN2. The molecule has 0 spiro atoms. The first-order valence-corrected chi connectivity index (χ1v) is 5.17. The predicted molar refractivity (Wildman–Crippen MR) is 60.5 cm³/mol. The van der Waals surface area contributed by atoms with Gasteiger partial charge in [-0.2, -0.15) is 0 Å². The number of rotatable bonds is 1. The predicted octanol–water partition coefficient (Wildman–Crippen LogP) is 3.23. The third-order valence-electron chi connectivity index (χ3n) is 2.58. The fourth-order valence-electron chi connectivity index (χ4n) is 1.81. The molecule has 14 heavy (non-hydrogen) atoms. The fraction of sp³-hybridized carbons (Fsp3) is 0.364. The van der Waals surface area contributed by atoms with E-state index in [9.17, 15) is 0 Å². The van der Waals surface area contributed by atoms with E-state index >= 15 is 0 Å². The lowest BCUT2D eigenvalue weighted by Crippen LogP contribution is -2.23. The fourth-order valence-corrected chi connectivity index (χ4v) is 1.98. The van der Waals surface area contributed by atoms with E-state index in [1.54, 1.807) is 0 Å². The summed E-state index contributed by atoms with van der Waals surface area (Å²) in [7, 11) is 0. The third kappa shape index (κ3) is 1.62. The van der Waals surface area contributed by atoms with Crippen molar-refractivity contribution in [3.8, 4) is 0 Å². The Kier molecular flexibility index (Phi) is 2.46. The first-order chi connectivity index (χ1) is 6.68. The molecule has 1 aliphatic heterocycles. The van der Waals surface area contributed by atoms with Gasteiger partial charge in [-0.1, -0.05) is 17.7 Å². The van der Waals surface area contributed by atoms with Gasteiger partial charge in [0.2, 0.25) is 0 Å². The van der Waals surface area contributed by atoms with Crippen molar-refractivity contribution < 1.29 is 0 Å². The topological polar surface area (TPSA) is 27.1 Å². The van der Waals surface area contributed by atoms with Crippen molar-refractivity contribution in [3.05, 3.63) is 28.8 Å². The second kappa shape index (κ2) is 3.62. The van der Waals surface area contributed by atoms with E-state index in [0.717, 1.165) is 30.1 Å². The molecule has 0 atom stereocenters. The van der Waals surface area contributed by atoms with Gasteiger partial charge in [0.1, 0.15) is 5.84 Å². The first-order valence-electron chi connectivity index (χ1n) is 4.79. The van der Waals surface area contributed by atoms with Gasteiger partial charge in [-0.05, 0) is 31.0 Å². The number of nitrogens with one attached hydrogen (secondary N) is 1. The Labute approximate surface area is 89.0 Å². The largest absolute Gasteiger partial charge is 0.330 e. The molecule has 74 valence electrons. The first kappa shape index (κ1) is 9.53. The lowest BCUT2D eigenvalue weighted by Gasteiger charge is -2.20. The molecule has 0 amide bonds. The Hall–Kier alpha value is -1.02. The minimum absolute atomic E-state index is 0.704. The minimum Gasteiger partial charge on any atom is -0.330 e. The molecule has 1 N–H and O–H groups in total. The second-order valence-electron chi connectivity index (χ2n) is 3.63. The molecule has 0 bridgehead atoms. The van der Waals surface area contributed by atoms with Gasteiger partial charge in [-0.15, -0.1) is 0 Å². The molecular weight excluding hydrogens is 196 g/mol. The Morgan fingerprint density at radius 2 is 2.21 bits per heavy atom. The highest BCUT2D eigenvalue weighted by Gasteiger charge is 2.19. The molecule has 0 radical (unpaired) electrons. The van der Waals surface area contributed by atoms with Gasteiger partial charge in [-0.3, -0.25) is 5.41 Å². The van der Waals surface area contributed by atoms with E-state index in [1.807, 2.05) is 23.1 Å². The van der Waals surface area contributed by atoms with Crippen LogP contribution in [0.2, 0.25) is 5.02 Å². The molecule has 2 rings (SSSR count). The molecule has 1 heterocycles. The van der Waals surface area contributed by atoms with Crippen molar-refractivity contribution in [1.82, 2.24) is 0 Å². The van der Waals surface area contributed by atoms with Crippen LogP contribution in [0.25, 0.3) is 0 Å². The zero-order valence-electron chi connectivity index (χ0n) is 8.18. The summed E-state index contributed by atoms with van der Waals surface area (Å²) in [5, 5.41) is 8.53. The standard InChI is InChI=1S/C11H13ClN2/c1-8-4-5-9(12)7-10(8)14-6-2-3-11(14)13/h4-5,7,13H,2-3,6H2,1H3. The van der Waals surface area contributed by atoms with Gasteiger partial charge in [0.15, 0.2) is 0 Å². The van der Waals surface area contributed by atoms with Gasteiger partial charge in [0, 0.05) is 23.7 Å². The van der Waals surface area contributed by atoms with Crippen LogP contribution >= 0.6 is 11.6 Å². The molecule has 1 saturated heterocycles. The Balaban J connectivity index is 2.39. The van der Waals surface area contributed by atoms with Crippen molar-refractivity contribution in [3.63, 3.8) is 0 Å². The van der Waals surface area contributed by atoms with E-state index in [2.05, 4.69) is 6.92 Å². The van der Waals surface area contributed by atoms with Crippen LogP contribution in [-0.2, 0) is 0 Å². The summed E-state index contributed by atoms with van der Waals surface area (Å²) in [5.74, 6) is 0.704. The van der Waals surface area contributed by atoms with Crippen LogP contribution in [-0.4, -0.2) is 12.4 Å². The minimum atomic E-state index is 0.704. The lowest BCUT2D eigenvalue weighted by atomic mass is 10.2. The van der Waals surface area contributed by atoms with E-state index in [-0.39, 0.29) is 0 Å². The number of halogens is 1. The van der Waals surface area contributed by atoms with Crippen molar-refractivity contribution in [2.45, 2.75) is 19.8 Å². The van der Waals surface area contributed by atoms with E-state index in [1.165, 1.54) is 5.56 Å². The number of nitrogens with zero attached hydrogens (tertiary/aromatic N) is 1. The van der Waals surface area contributed by atoms with Crippen LogP contribution in [0.5, 0.6) is 0 Å². The highest BCUT2D eigenvalue weighted by molar-refractivity contribution is 6.31. The van der Waals surface area contributed by atoms with Crippen LogP contribution < -0.4 is 4.90 Å². The molecule has 3 heteroatoms. The van der Waals surface area contributed by atoms with Crippen LogP contribution in [0.3, 0.4) is 0 Å². The van der Waals surface area contributed by atoms with Gasteiger partial charge in [0.05, 0.1) is 0 Å². The molecule has 0 aliphatic carbocycles. The summed E-state index contributed by atoms with van der Waals surface area (Å²) in [6, 6.07) is 5.83. The molecule has 1 fully saturated rings. The highest BCUT2D eigenvalue weighted by atomic mass is 35.5. The van der Waals surface area contributed by atoms with E-state index in [0.29, 0.717) is 5.84 Å². The SMILES string of the molecule is Cc1ccc(Cl)cc1N1CCCC1=N. The number of anilines is 1. The molecule has 0 saturated carbocycles. The highest BCUT2D eigenvalue weighted by Crippen LogP contribution is 2.27. The summed E-state index contributed by atoms with van der Waals surface area (Å²) in [5.41, 5.74) is 2.26. The van der Waals surface area contributed by atoms with Gasteiger partial charge >= 0.3 is 0 Å². The van der Waals surface area contributed by atoms with Gasteiger partial charge < -0.3 is 4.90 Å². The zero-order valence-corrected chi connectivity index (χ0v) is 8.93.